The molecular weight excluding hydrogens is 428 g/mol. The number of nitrogens with one attached hydrogen (secondary N) is 1. The number of benzene rings is 2. The monoisotopic (exact) mass is 460 g/mol. The van der Waals surface area contributed by atoms with Gasteiger partial charge in [-0.2, -0.15) is 0 Å². The smallest absolute Gasteiger partial charge is 0.332 e. The molecular formula is C23H32N4O4S. The van der Waals surface area contributed by atoms with Gasteiger partial charge in [0.25, 0.3) is 0 Å². The van der Waals surface area contributed by atoms with Gasteiger partial charge in [0.05, 0.1) is 13.7 Å². The highest BCUT2D eigenvalue weighted by Gasteiger charge is 2.20. The Labute approximate surface area is 194 Å². The van der Waals surface area contributed by atoms with Gasteiger partial charge < -0.3 is 29.3 Å². The molecule has 0 radical (unpaired) electrons. The van der Waals surface area contributed by atoms with E-state index in [0.29, 0.717) is 6.54 Å². The molecule has 1 heterocycles. The maximum atomic E-state index is 12.6. The molecule has 1 saturated heterocycles. The topological polar surface area (TPSA) is 66.5 Å². The van der Waals surface area contributed by atoms with Gasteiger partial charge in [-0.25, -0.2) is 4.79 Å². The van der Waals surface area contributed by atoms with E-state index in [-0.39, 0.29) is 6.03 Å². The summed E-state index contributed by atoms with van der Waals surface area (Å²) < 4.78 is 17.2. The average molecular weight is 461 g/mol. The number of methoxy groups -OCH3 is 3. The molecule has 1 fully saturated rings. The normalized spacial score (nSPS) is 13.9. The van der Waals surface area contributed by atoms with Gasteiger partial charge in [0, 0.05) is 63.7 Å². The summed E-state index contributed by atoms with van der Waals surface area (Å²) in [6.07, 6.45) is 1.38. The van der Waals surface area contributed by atoms with Crippen molar-refractivity contribution in [1.82, 2.24) is 4.31 Å². The van der Waals surface area contributed by atoms with Crippen molar-refractivity contribution >= 4 is 35.0 Å². The zero-order valence-corrected chi connectivity index (χ0v) is 19.9. The molecule has 1 N–H and O–H groups in total. The largest absolute Gasteiger partial charge is 0.497 e. The molecule has 1 aliphatic rings. The van der Waals surface area contributed by atoms with Crippen LogP contribution in [0.25, 0.3) is 0 Å². The number of piperazine rings is 1. The Bertz CT molecular complexity index is 838. The van der Waals surface area contributed by atoms with E-state index in [0.717, 1.165) is 43.3 Å². The Balaban J connectivity index is 1.52. The van der Waals surface area contributed by atoms with Crippen LogP contribution < -0.4 is 19.9 Å². The van der Waals surface area contributed by atoms with Crippen LogP contribution in [0.1, 0.15) is 0 Å². The van der Waals surface area contributed by atoms with E-state index in [2.05, 4.69) is 39.4 Å². The van der Waals surface area contributed by atoms with E-state index >= 15 is 0 Å². The lowest BCUT2D eigenvalue weighted by molar-refractivity contribution is -0.104. The Kier molecular flexibility index (Phi) is 8.90. The first-order valence-electron chi connectivity index (χ1n) is 10.5. The lowest BCUT2D eigenvalue weighted by Crippen LogP contribution is -2.46. The van der Waals surface area contributed by atoms with E-state index < -0.39 is 6.29 Å². The fraction of sp³-hybridized carbons (Fsp3) is 0.435. The number of hydrogen-bond donors (Lipinski definition) is 1. The summed E-state index contributed by atoms with van der Waals surface area (Å²) in [6, 6.07) is 16.0. The first kappa shape index (κ1) is 24.0. The average Bonchev–Trinajstić information content (AvgIpc) is 2.85. The lowest BCUT2D eigenvalue weighted by Gasteiger charge is -2.37. The van der Waals surface area contributed by atoms with Gasteiger partial charge in [-0.3, -0.25) is 4.31 Å². The number of carbonyl (C=O) groups is 1. The Hall–Kier alpha value is -2.62. The van der Waals surface area contributed by atoms with Crippen LogP contribution in [0, 0.1) is 0 Å². The molecule has 0 bridgehead atoms. The van der Waals surface area contributed by atoms with Crippen LogP contribution in [0.15, 0.2) is 48.5 Å². The Morgan fingerprint density at radius 2 is 1.44 bits per heavy atom. The summed E-state index contributed by atoms with van der Waals surface area (Å²) in [5.41, 5.74) is 3.12. The van der Waals surface area contributed by atoms with Gasteiger partial charge in [0.1, 0.15) is 5.75 Å². The molecule has 0 aromatic heterocycles. The van der Waals surface area contributed by atoms with Gasteiger partial charge >= 0.3 is 6.03 Å². The van der Waals surface area contributed by atoms with Crippen molar-refractivity contribution in [2.45, 2.75) is 6.29 Å². The molecule has 3 rings (SSSR count). The second-order valence-corrected chi connectivity index (χ2v) is 8.10. The highest BCUT2D eigenvalue weighted by atomic mass is 32.2. The molecule has 0 unspecified atom stereocenters. The van der Waals surface area contributed by atoms with Crippen LogP contribution in [0.2, 0.25) is 0 Å². The minimum absolute atomic E-state index is 0.211. The summed E-state index contributed by atoms with van der Waals surface area (Å²) in [4.78, 5) is 17.3. The second-order valence-electron chi connectivity index (χ2n) is 7.29. The third-order valence-electron chi connectivity index (χ3n) is 5.49. The number of rotatable bonds is 9. The number of amides is 2. The minimum atomic E-state index is -0.466. The predicted molar refractivity (Wildman–Crippen MR) is 131 cm³/mol. The van der Waals surface area contributed by atoms with Crippen molar-refractivity contribution in [3.05, 3.63) is 48.5 Å². The van der Waals surface area contributed by atoms with E-state index in [1.165, 1.54) is 17.6 Å². The zero-order chi connectivity index (χ0) is 22.9. The van der Waals surface area contributed by atoms with E-state index in [9.17, 15) is 4.79 Å². The molecule has 32 heavy (non-hydrogen) atoms. The van der Waals surface area contributed by atoms with Gasteiger partial charge in [0.15, 0.2) is 6.29 Å². The quantitative estimate of drug-likeness (QED) is 0.452. The van der Waals surface area contributed by atoms with Gasteiger partial charge in [0.2, 0.25) is 0 Å². The van der Waals surface area contributed by atoms with Crippen LogP contribution in [-0.2, 0) is 9.47 Å². The van der Waals surface area contributed by atoms with Crippen LogP contribution in [0.4, 0.5) is 21.9 Å². The van der Waals surface area contributed by atoms with Crippen molar-refractivity contribution in [1.29, 1.82) is 0 Å². The maximum absolute atomic E-state index is 12.6. The lowest BCUT2D eigenvalue weighted by atomic mass is 10.2. The van der Waals surface area contributed by atoms with Crippen molar-refractivity contribution in [3.63, 3.8) is 0 Å². The molecule has 2 aromatic rings. The Morgan fingerprint density at radius 1 is 0.938 bits per heavy atom. The van der Waals surface area contributed by atoms with E-state index in [1.807, 2.05) is 30.5 Å². The van der Waals surface area contributed by atoms with E-state index in [4.69, 9.17) is 14.2 Å². The molecule has 2 amide bonds. The van der Waals surface area contributed by atoms with Crippen LogP contribution in [-0.4, -0.2) is 76.9 Å². The molecule has 0 spiro atoms. The molecule has 1 aliphatic heterocycles. The van der Waals surface area contributed by atoms with Crippen LogP contribution in [0.5, 0.6) is 5.75 Å². The molecule has 0 saturated carbocycles. The molecule has 174 valence electrons. The number of carbonyl (C=O) groups excluding carboxylic acids is 1. The van der Waals surface area contributed by atoms with Gasteiger partial charge in [-0.1, -0.05) is 0 Å². The molecule has 8 nitrogen and oxygen atoms in total. The molecule has 9 heteroatoms. The van der Waals surface area contributed by atoms with Crippen molar-refractivity contribution in [2.75, 3.05) is 75.4 Å². The summed E-state index contributed by atoms with van der Waals surface area (Å²) >= 11 is 1.32. The van der Waals surface area contributed by atoms with Crippen molar-refractivity contribution < 1.29 is 19.0 Å². The standard InChI is InChI=1S/C23H32N4O4S/c1-29-21-11-9-20(10-12-21)26-15-13-25(14-16-26)19-7-5-18(6-8-19)24-23(28)27(32-4)17-22(30-2)31-3/h5-12,22H,13-17H2,1-4H3,(H,24,28). The number of hydrogen-bond acceptors (Lipinski definition) is 7. The van der Waals surface area contributed by atoms with E-state index in [1.54, 1.807) is 25.6 Å². The first-order valence-corrected chi connectivity index (χ1v) is 11.7. The van der Waals surface area contributed by atoms with Gasteiger partial charge in [-0.05, 0) is 60.5 Å². The molecule has 2 aromatic carbocycles. The highest BCUT2D eigenvalue weighted by molar-refractivity contribution is 7.96. The van der Waals surface area contributed by atoms with Crippen LogP contribution in [0.3, 0.4) is 0 Å². The van der Waals surface area contributed by atoms with Crippen LogP contribution >= 0.6 is 11.9 Å². The number of anilines is 3. The maximum Gasteiger partial charge on any atom is 0.332 e. The SMILES string of the molecule is COc1ccc(N2CCN(c3ccc(NC(=O)N(CC(OC)OC)SC)cc3)CC2)cc1. The zero-order valence-electron chi connectivity index (χ0n) is 19.1. The van der Waals surface area contributed by atoms with Gasteiger partial charge in [-0.15, -0.1) is 0 Å². The summed E-state index contributed by atoms with van der Waals surface area (Å²) in [6.45, 7) is 4.11. The summed E-state index contributed by atoms with van der Waals surface area (Å²) in [5.74, 6) is 0.873. The number of nitrogens with zero attached hydrogens (tertiary/aromatic N) is 3. The summed E-state index contributed by atoms with van der Waals surface area (Å²) in [5, 5.41) is 2.93. The second kappa shape index (κ2) is 11.8. The molecule has 0 aliphatic carbocycles. The fourth-order valence-corrected chi connectivity index (χ4v) is 4.06. The highest BCUT2D eigenvalue weighted by Crippen LogP contribution is 2.24. The Morgan fingerprint density at radius 3 is 1.88 bits per heavy atom. The number of urea groups is 1. The van der Waals surface area contributed by atoms with Crippen molar-refractivity contribution in [3.8, 4) is 5.75 Å². The molecule has 0 atom stereocenters. The van der Waals surface area contributed by atoms with Crippen molar-refractivity contribution in [2.24, 2.45) is 0 Å². The number of ether oxygens (including phenoxy) is 3. The minimum Gasteiger partial charge on any atom is -0.497 e. The third kappa shape index (κ3) is 6.21. The summed E-state index contributed by atoms with van der Waals surface area (Å²) in [7, 11) is 4.79. The fourth-order valence-electron chi connectivity index (χ4n) is 3.58. The predicted octanol–water partition coefficient (Wildman–Crippen LogP) is 3.75. The third-order valence-corrected chi connectivity index (χ3v) is 6.24. The first-order chi connectivity index (χ1) is 15.6.